The largest absolute Gasteiger partial charge is 0.480 e. The van der Waals surface area contributed by atoms with E-state index in [1.807, 2.05) is 0 Å². The summed E-state index contributed by atoms with van der Waals surface area (Å²) in [7, 11) is 1.66. The highest BCUT2D eigenvalue weighted by Crippen LogP contribution is 2.15. The molecule has 6 heteroatoms. The molecule has 0 saturated heterocycles. The number of carbonyl (C=O) groups is 1. The number of nitro benzene ring substituents is 1. The average molecular weight is 238 g/mol. The Labute approximate surface area is 98.6 Å². The first-order valence-electron chi connectivity index (χ1n) is 5.08. The zero-order valence-electron chi connectivity index (χ0n) is 9.66. The van der Waals surface area contributed by atoms with Gasteiger partial charge in [0.2, 0.25) is 0 Å². The third kappa shape index (κ3) is 3.53. The van der Waals surface area contributed by atoms with Crippen LogP contribution in [0.3, 0.4) is 0 Å². The summed E-state index contributed by atoms with van der Waals surface area (Å²) in [5.74, 6) is -0.919. The highest BCUT2D eigenvalue weighted by Gasteiger charge is 2.17. The summed E-state index contributed by atoms with van der Waals surface area (Å²) in [5, 5.41) is 19.4. The zero-order chi connectivity index (χ0) is 13.0. The monoisotopic (exact) mass is 238 g/mol. The van der Waals surface area contributed by atoms with E-state index in [1.165, 1.54) is 12.1 Å². The van der Waals surface area contributed by atoms with Crippen molar-refractivity contribution in [2.24, 2.45) is 0 Å². The van der Waals surface area contributed by atoms with Crippen LogP contribution in [0.25, 0.3) is 0 Å². The maximum atomic E-state index is 10.8. The molecule has 0 saturated carbocycles. The summed E-state index contributed by atoms with van der Waals surface area (Å²) >= 11 is 0. The molecular formula is C11H14N2O4. The Kier molecular flexibility index (Phi) is 4.17. The van der Waals surface area contributed by atoms with Crippen molar-refractivity contribution >= 4 is 11.7 Å². The Morgan fingerprint density at radius 2 is 2.24 bits per heavy atom. The van der Waals surface area contributed by atoms with Gasteiger partial charge in [0.15, 0.2) is 0 Å². The number of nitro groups is 1. The number of carboxylic acids is 1. The van der Waals surface area contributed by atoms with E-state index in [0.717, 1.165) is 5.56 Å². The van der Waals surface area contributed by atoms with Gasteiger partial charge in [-0.3, -0.25) is 19.8 Å². The SMILES string of the molecule is CC(C(=O)O)N(C)Cc1cccc([N+](=O)[O-])c1. The van der Waals surface area contributed by atoms with Crippen molar-refractivity contribution < 1.29 is 14.8 Å². The van der Waals surface area contributed by atoms with Gasteiger partial charge in [0.05, 0.1) is 4.92 Å². The maximum absolute atomic E-state index is 10.8. The topological polar surface area (TPSA) is 83.7 Å². The van der Waals surface area contributed by atoms with E-state index in [1.54, 1.807) is 31.0 Å². The molecule has 0 radical (unpaired) electrons. The van der Waals surface area contributed by atoms with E-state index < -0.39 is 16.9 Å². The van der Waals surface area contributed by atoms with Crippen LogP contribution in [0.4, 0.5) is 5.69 Å². The molecule has 0 amide bonds. The van der Waals surface area contributed by atoms with Crippen molar-refractivity contribution in [1.29, 1.82) is 0 Å². The van der Waals surface area contributed by atoms with Crippen molar-refractivity contribution in [3.63, 3.8) is 0 Å². The summed E-state index contributed by atoms with van der Waals surface area (Å²) in [6, 6.07) is 5.55. The van der Waals surface area contributed by atoms with Gasteiger partial charge >= 0.3 is 5.97 Å². The van der Waals surface area contributed by atoms with Crippen molar-refractivity contribution in [1.82, 2.24) is 4.90 Å². The minimum atomic E-state index is -0.919. The van der Waals surface area contributed by atoms with Crippen LogP contribution >= 0.6 is 0 Å². The van der Waals surface area contributed by atoms with Gasteiger partial charge in [-0.2, -0.15) is 0 Å². The number of nitrogens with zero attached hydrogens (tertiary/aromatic N) is 2. The Hall–Kier alpha value is -1.95. The van der Waals surface area contributed by atoms with Crippen molar-refractivity contribution in [3.8, 4) is 0 Å². The highest BCUT2D eigenvalue weighted by atomic mass is 16.6. The Morgan fingerprint density at radius 3 is 2.76 bits per heavy atom. The lowest BCUT2D eigenvalue weighted by molar-refractivity contribution is -0.384. The van der Waals surface area contributed by atoms with Crippen LogP contribution in [0.1, 0.15) is 12.5 Å². The number of non-ortho nitro benzene ring substituents is 1. The maximum Gasteiger partial charge on any atom is 0.320 e. The van der Waals surface area contributed by atoms with E-state index >= 15 is 0 Å². The van der Waals surface area contributed by atoms with Crippen molar-refractivity contribution in [3.05, 3.63) is 39.9 Å². The Balaban J connectivity index is 2.78. The minimum absolute atomic E-state index is 0.0129. The van der Waals surface area contributed by atoms with Gasteiger partial charge in [0.25, 0.3) is 5.69 Å². The van der Waals surface area contributed by atoms with E-state index in [9.17, 15) is 14.9 Å². The first-order valence-corrected chi connectivity index (χ1v) is 5.08. The number of likely N-dealkylation sites (N-methyl/N-ethyl adjacent to an activating group) is 1. The smallest absolute Gasteiger partial charge is 0.320 e. The number of carboxylic acid groups (broad SMARTS) is 1. The third-order valence-electron chi connectivity index (χ3n) is 2.57. The van der Waals surface area contributed by atoms with E-state index in [4.69, 9.17) is 5.11 Å². The molecule has 1 aromatic rings. The van der Waals surface area contributed by atoms with Crippen LogP contribution in [0, 0.1) is 10.1 Å². The molecule has 0 aliphatic heterocycles. The lowest BCUT2D eigenvalue weighted by Crippen LogP contribution is -2.35. The minimum Gasteiger partial charge on any atom is -0.480 e. The first-order chi connectivity index (χ1) is 7.91. The Morgan fingerprint density at radius 1 is 1.59 bits per heavy atom. The number of rotatable bonds is 5. The second-order valence-electron chi connectivity index (χ2n) is 3.86. The van der Waals surface area contributed by atoms with Crippen LogP contribution in [-0.4, -0.2) is 34.0 Å². The predicted octanol–water partition coefficient (Wildman–Crippen LogP) is 1.50. The van der Waals surface area contributed by atoms with Gasteiger partial charge in [-0.25, -0.2) is 0 Å². The molecule has 0 aliphatic rings. The standard InChI is InChI=1S/C11H14N2O4/c1-8(11(14)15)12(2)7-9-4-3-5-10(6-9)13(16)17/h3-6,8H,7H2,1-2H3,(H,14,15). The number of hydrogen-bond donors (Lipinski definition) is 1. The van der Waals surface area contributed by atoms with Gasteiger partial charge in [0, 0.05) is 18.7 Å². The summed E-state index contributed by atoms with van der Waals surface area (Å²) in [6.07, 6.45) is 0. The number of aliphatic carboxylic acids is 1. The zero-order valence-corrected chi connectivity index (χ0v) is 9.66. The molecule has 92 valence electrons. The number of hydrogen-bond acceptors (Lipinski definition) is 4. The van der Waals surface area contributed by atoms with Gasteiger partial charge < -0.3 is 5.11 Å². The molecule has 0 fully saturated rings. The van der Waals surface area contributed by atoms with Crippen LogP contribution in [0.2, 0.25) is 0 Å². The molecule has 0 bridgehead atoms. The summed E-state index contributed by atoms with van der Waals surface area (Å²) in [4.78, 5) is 22.5. The molecular weight excluding hydrogens is 224 g/mol. The average Bonchev–Trinajstić information content (AvgIpc) is 2.28. The predicted molar refractivity (Wildman–Crippen MR) is 61.7 cm³/mol. The summed E-state index contributed by atoms with van der Waals surface area (Å²) < 4.78 is 0. The molecule has 6 nitrogen and oxygen atoms in total. The van der Waals surface area contributed by atoms with Crippen molar-refractivity contribution in [2.45, 2.75) is 19.5 Å². The quantitative estimate of drug-likeness (QED) is 0.620. The normalized spacial score (nSPS) is 12.4. The molecule has 17 heavy (non-hydrogen) atoms. The molecule has 0 heterocycles. The van der Waals surface area contributed by atoms with E-state index in [-0.39, 0.29) is 5.69 Å². The molecule has 0 aliphatic carbocycles. The van der Waals surface area contributed by atoms with Crippen LogP contribution in [-0.2, 0) is 11.3 Å². The number of benzene rings is 1. The third-order valence-corrected chi connectivity index (χ3v) is 2.57. The first kappa shape index (κ1) is 13.1. The summed E-state index contributed by atoms with van der Waals surface area (Å²) in [5.41, 5.74) is 0.730. The van der Waals surface area contributed by atoms with Gasteiger partial charge in [0.1, 0.15) is 6.04 Å². The fraction of sp³-hybridized carbons (Fsp3) is 0.364. The molecule has 1 rings (SSSR count). The van der Waals surface area contributed by atoms with Crippen LogP contribution < -0.4 is 0 Å². The van der Waals surface area contributed by atoms with Crippen LogP contribution in [0.15, 0.2) is 24.3 Å². The van der Waals surface area contributed by atoms with E-state index in [0.29, 0.717) is 6.54 Å². The van der Waals surface area contributed by atoms with Crippen molar-refractivity contribution in [2.75, 3.05) is 7.05 Å². The van der Waals surface area contributed by atoms with E-state index in [2.05, 4.69) is 0 Å². The Bertz CT molecular complexity index is 433. The summed E-state index contributed by atoms with van der Waals surface area (Å²) in [6.45, 7) is 1.93. The molecule has 1 N–H and O–H groups in total. The molecule has 1 aromatic carbocycles. The lowest BCUT2D eigenvalue weighted by Gasteiger charge is -2.20. The molecule has 0 aromatic heterocycles. The fourth-order valence-corrected chi connectivity index (χ4v) is 1.38. The van der Waals surface area contributed by atoms with Crippen LogP contribution in [0.5, 0.6) is 0 Å². The second kappa shape index (κ2) is 5.40. The second-order valence-corrected chi connectivity index (χ2v) is 3.86. The highest BCUT2D eigenvalue weighted by molar-refractivity contribution is 5.72. The molecule has 1 atom stereocenters. The lowest BCUT2D eigenvalue weighted by atomic mass is 10.1. The fourth-order valence-electron chi connectivity index (χ4n) is 1.38. The van der Waals surface area contributed by atoms with Gasteiger partial charge in [-0.15, -0.1) is 0 Å². The van der Waals surface area contributed by atoms with Gasteiger partial charge in [-0.05, 0) is 19.5 Å². The molecule has 0 spiro atoms. The van der Waals surface area contributed by atoms with Gasteiger partial charge in [-0.1, -0.05) is 12.1 Å². The molecule has 1 unspecified atom stereocenters.